The molecule has 0 radical (unpaired) electrons. The Morgan fingerprint density at radius 2 is 1.41 bits per heavy atom. The first-order valence-electron chi connectivity index (χ1n) is 19.7. The number of hydrogen-bond donors (Lipinski definition) is 4. The molecular weight excluding hydrogens is 691 g/mol. The average molecular weight is 758 g/mol. The van der Waals surface area contributed by atoms with Gasteiger partial charge < -0.3 is 24.4 Å². The predicted octanol–water partition coefficient (Wildman–Crippen LogP) is 7.07. The molecule has 6 fully saturated rings. The van der Waals surface area contributed by atoms with Crippen LogP contribution in [0.5, 0.6) is 0 Å². The number of ether oxygens (including phenoxy) is 3. The van der Waals surface area contributed by atoms with Gasteiger partial charge in [0.25, 0.3) is 0 Å². The van der Waals surface area contributed by atoms with Gasteiger partial charge in [-0.25, -0.2) is 9.67 Å². The van der Waals surface area contributed by atoms with Crippen LogP contribution in [-0.4, -0.2) is 69.9 Å². The van der Waals surface area contributed by atoms with Gasteiger partial charge in [-0.2, -0.15) is 0 Å². The van der Waals surface area contributed by atoms with Crippen LogP contribution < -0.4 is 9.67 Å². The first-order valence-corrected chi connectivity index (χ1v) is 20.5. The highest BCUT2D eigenvalue weighted by Crippen LogP contribution is 2.89. The first kappa shape index (κ1) is 40.0. The lowest BCUT2D eigenvalue weighted by molar-refractivity contribution is -0.226. The summed E-state index contributed by atoms with van der Waals surface area (Å²) in [5.41, 5.74) is -2.50. The molecule has 1 saturated heterocycles. The van der Waals surface area contributed by atoms with E-state index in [1.807, 2.05) is 41.5 Å². The predicted molar refractivity (Wildman–Crippen MR) is 197 cm³/mol. The lowest BCUT2D eigenvalue weighted by Crippen LogP contribution is -2.63. The number of carbonyl (C=O) groups excluding carboxylic acids is 2. The average Bonchev–Trinajstić information content (AvgIpc) is 3.36. The summed E-state index contributed by atoms with van der Waals surface area (Å²) in [7, 11) is 0. The van der Waals surface area contributed by atoms with Crippen LogP contribution in [0.1, 0.15) is 134 Å². The molecule has 0 aromatic carbocycles. The maximum atomic E-state index is 14.0. The summed E-state index contributed by atoms with van der Waals surface area (Å²) >= 11 is 12.2. The fourth-order valence-electron chi connectivity index (χ4n) is 13.7. The van der Waals surface area contributed by atoms with Gasteiger partial charge in [-0.05, 0) is 142 Å². The molecule has 5 aliphatic carbocycles. The fraction of sp³-hybridized carbons (Fsp3) is 0.950. The third-order valence-corrected chi connectivity index (χ3v) is 16.8. The number of esters is 2. The number of rotatable bonds is 10. The van der Waals surface area contributed by atoms with Crippen molar-refractivity contribution in [3.05, 3.63) is 0 Å². The molecule has 6 aliphatic rings. The Labute approximate surface area is 316 Å². The highest BCUT2D eigenvalue weighted by Gasteiger charge is 2.85. The first-order chi connectivity index (χ1) is 23.5. The van der Waals surface area contributed by atoms with Gasteiger partial charge in [-0.1, -0.05) is 55.4 Å². The topological polar surface area (TPSA) is 126 Å². The smallest absolute Gasteiger partial charge is 0.324 e. The minimum Gasteiger partial charge on any atom is -0.461 e. The van der Waals surface area contributed by atoms with E-state index in [1.165, 1.54) is 0 Å². The Kier molecular flexibility index (Phi) is 10.2. The van der Waals surface area contributed by atoms with Crippen molar-refractivity contribution in [1.29, 1.82) is 0 Å². The van der Waals surface area contributed by atoms with Crippen LogP contribution in [0.4, 0.5) is 0 Å². The van der Waals surface area contributed by atoms with Crippen LogP contribution in [0, 0.1) is 56.7 Å². The molecule has 0 bridgehead atoms. The van der Waals surface area contributed by atoms with E-state index in [4.69, 9.17) is 37.8 Å². The minimum absolute atomic E-state index is 0.0281. The van der Waals surface area contributed by atoms with Gasteiger partial charge >= 0.3 is 11.9 Å². The van der Waals surface area contributed by atoms with Gasteiger partial charge in [0.15, 0.2) is 0 Å². The molecule has 14 atom stereocenters. The quantitative estimate of drug-likeness (QED) is 0.137. The number of halogens is 2. The van der Waals surface area contributed by atoms with E-state index in [0.29, 0.717) is 12.8 Å². The number of aliphatic hydroxyl groups excluding tert-OH is 1. The summed E-state index contributed by atoms with van der Waals surface area (Å²) in [6.45, 7) is 22.8. The van der Waals surface area contributed by atoms with Gasteiger partial charge in [-0.15, -0.1) is 0 Å². The number of aliphatic hydroxyl groups is 2. The number of carbonyl (C=O) groups is 2. The molecule has 292 valence electrons. The Morgan fingerprint density at radius 3 is 1.94 bits per heavy atom. The molecule has 5 saturated carbocycles. The summed E-state index contributed by atoms with van der Waals surface area (Å²) in [6.07, 6.45) is 6.00. The molecule has 1 aliphatic heterocycles. The van der Waals surface area contributed by atoms with Crippen LogP contribution in [0.2, 0.25) is 0 Å². The van der Waals surface area contributed by atoms with E-state index in [-0.39, 0.29) is 75.4 Å². The molecule has 1 heterocycles. The van der Waals surface area contributed by atoms with Crippen LogP contribution in [0.15, 0.2) is 0 Å². The molecule has 0 amide bonds. The van der Waals surface area contributed by atoms with Crippen molar-refractivity contribution in [2.45, 2.75) is 182 Å². The van der Waals surface area contributed by atoms with E-state index < -0.39 is 40.9 Å². The number of fused-ring (bicyclic) bond motifs is 2. The minimum atomic E-state index is -0.958. The summed E-state index contributed by atoms with van der Waals surface area (Å²) in [5.74, 6) is -0.718. The Hall–Kier alpha value is -0.680. The van der Waals surface area contributed by atoms with Crippen molar-refractivity contribution in [3.63, 3.8) is 0 Å². The second kappa shape index (κ2) is 12.9. The molecular formula is C40H66Cl2N2O7. The molecule has 0 aromatic heterocycles. The van der Waals surface area contributed by atoms with Crippen LogP contribution in [-0.2, 0) is 23.8 Å². The maximum Gasteiger partial charge on any atom is 0.324 e. The molecule has 2 spiro atoms. The van der Waals surface area contributed by atoms with Crippen LogP contribution >= 0.6 is 23.6 Å². The Balaban J connectivity index is 1.37. The second-order valence-corrected chi connectivity index (χ2v) is 20.8. The Morgan fingerprint density at radius 1 is 0.824 bits per heavy atom. The normalized spacial score (nSPS) is 46.8. The molecule has 6 rings (SSSR count). The van der Waals surface area contributed by atoms with Crippen LogP contribution in [0.3, 0.4) is 0 Å². The van der Waals surface area contributed by atoms with Crippen molar-refractivity contribution in [2.75, 3.05) is 0 Å². The lowest BCUT2D eigenvalue weighted by atomic mass is 9.41. The maximum absolute atomic E-state index is 14.0. The van der Waals surface area contributed by atoms with Crippen molar-refractivity contribution in [1.82, 2.24) is 9.67 Å². The van der Waals surface area contributed by atoms with E-state index in [9.17, 15) is 19.8 Å². The number of hydrogen-bond acceptors (Lipinski definition) is 9. The van der Waals surface area contributed by atoms with Gasteiger partial charge in [0.2, 0.25) is 0 Å². The van der Waals surface area contributed by atoms with Gasteiger partial charge in [0.05, 0.1) is 23.4 Å². The summed E-state index contributed by atoms with van der Waals surface area (Å²) in [6, 6.07) is -1.29. The zero-order valence-electron chi connectivity index (χ0n) is 32.9. The van der Waals surface area contributed by atoms with Crippen molar-refractivity contribution < 1.29 is 34.0 Å². The molecule has 9 nitrogen and oxygen atoms in total. The summed E-state index contributed by atoms with van der Waals surface area (Å²) in [5, 5.41) is 23.0. The van der Waals surface area contributed by atoms with E-state index >= 15 is 0 Å². The summed E-state index contributed by atoms with van der Waals surface area (Å²) < 4.78 is 19.8. The SMILES string of the molecule is CC(C)[C@@H](NCl)C(=O)O[C@H]1CC2C3(CC[C@]4(C)[C@@H]([C@@]5(C)CC[C@@H](C(C)(C)O)O5)[C@@H](O)C[C@@]24C)C[C@@]32CC[C@H](OC(=O)[C@H](NCl)C(C)C)C(C)(C)[C@H]12. The van der Waals surface area contributed by atoms with E-state index in [0.717, 1.165) is 44.9 Å². The van der Waals surface area contributed by atoms with Gasteiger partial charge in [0.1, 0.15) is 24.3 Å². The molecule has 11 heteroatoms. The standard InChI is InChI=1S/C40H66Cl2N2O7/c1-21(2)28(43-41)32(46)49-24-18-25-37(10)19-23(45)30(38(11)14-12-27(51-38)35(7,8)48)36(37,9)16-17-39(25)20-40(39)15-13-26(34(5,6)31(24)40)50-33(47)29(44-42)22(3)4/h21-31,43-45,48H,12-20H2,1-11H3/t23-,24-,25?,26-,27-,28+,29+,30-,31-,36+,37-,38+,39?,40+/m0/s1. The third-order valence-electron chi connectivity index (χ3n) is 16.3. The highest BCUT2D eigenvalue weighted by molar-refractivity contribution is 6.15. The van der Waals surface area contributed by atoms with Crippen molar-refractivity contribution in [3.8, 4) is 0 Å². The molecule has 0 aromatic rings. The number of nitrogens with one attached hydrogen (secondary N) is 2. The largest absolute Gasteiger partial charge is 0.461 e. The van der Waals surface area contributed by atoms with E-state index in [1.54, 1.807) is 0 Å². The molecule has 4 N–H and O–H groups in total. The second-order valence-electron chi connectivity index (χ2n) is 20.4. The van der Waals surface area contributed by atoms with Crippen LogP contribution in [0.25, 0.3) is 0 Å². The zero-order chi connectivity index (χ0) is 37.9. The highest BCUT2D eigenvalue weighted by atomic mass is 35.5. The summed E-state index contributed by atoms with van der Waals surface area (Å²) in [4.78, 5) is 32.7. The monoisotopic (exact) mass is 756 g/mol. The van der Waals surface area contributed by atoms with E-state index in [2.05, 4.69) is 44.3 Å². The van der Waals surface area contributed by atoms with Gasteiger partial charge in [0, 0.05) is 17.3 Å². The van der Waals surface area contributed by atoms with Crippen molar-refractivity contribution in [2.24, 2.45) is 56.7 Å². The molecule has 51 heavy (non-hydrogen) atoms. The zero-order valence-corrected chi connectivity index (χ0v) is 34.4. The third kappa shape index (κ3) is 5.77. The fourth-order valence-corrected chi connectivity index (χ4v) is 14.4. The van der Waals surface area contributed by atoms with Gasteiger partial charge in [-0.3, -0.25) is 9.59 Å². The lowest BCUT2D eigenvalue weighted by Gasteiger charge is -2.64. The Bertz CT molecular complexity index is 1370. The van der Waals surface area contributed by atoms with Crippen molar-refractivity contribution >= 4 is 35.5 Å². The molecule has 2 unspecified atom stereocenters.